The van der Waals surface area contributed by atoms with Crippen LogP contribution >= 0.6 is 0 Å². The van der Waals surface area contributed by atoms with Crippen molar-refractivity contribution in [3.05, 3.63) is 94.5 Å². The van der Waals surface area contributed by atoms with E-state index in [9.17, 15) is 18.0 Å². The van der Waals surface area contributed by atoms with E-state index in [-0.39, 0.29) is 23.4 Å². The van der Waals surface area contributed by atoms with Gasteiger partial charge in [-0.25, -0.2) is 8.42 Å². The number of carbonyl (C=O) groups excluding carboxylic acids is 2. The maximum atomic E-state index is 14.2. The van der Waals surface area contributed by atoms with Gasteiger partial charge in [0.15, 0.2) is 0 Å². The molecule has 0 bridgehead atoms. The first-order valence-electron chi connectivity index (χ1n) is 14.8. The van der Waals surface area contributed by atoms with Crippen LogP contribution in [0.25, 0.3) is 0 Å². The quantitative estimate of drug-likeness (QED) is 0.315. The number of nitrogens with one attached hydrogen (secondary N) is 1. The van der Waals surface area contributed by atoms with Gasteiger partial charge in [-0.1, -0.05) is 67.3 Å². The lowest BCUT2D eigenvalue weighted by Crippen LogP contribution is -2.53. The molecule has 1 aliphatic rings. The van der Waals surface area contributed by atoms with Crippen molar-refractivity contribution in [3.63, 3.8) is 0 Å². The summed E-state index contributed by atoms with van der Waals surface area (Å²) in [6.07, 6.45) is 5.18. The Balaban J connectivity index is 1.71. The van der Waals surface area contributed by atoms with Crippen LogP contribution in [0.3, 0.4) is 0 Å². The molecule has 7 nitrogen and oxygen atoms in total. The molecule has 1 atom stereocenters. The Bertz CT molecular complexity index is 1490. The summed E-state index contributed by atoms with van der Waals surface area (Å²) in [5.74, 6) is -0.664. The molecule has 0 heterocycles. The van der Waals surface area contributed by atoms with Crippen LogP contribution in [-0.2, 0) is 26.2 Å². The van der Waals surface area contributed by atoms with Gasteiger partial charge in [-0.15, -0.1) is 0 Å². The van der Waals surface area contributed by atoms with Crippen molar-refractivity contribution in [1.29, 1.82) is 0 Å². The molecule has 42 heavy (non-hydrogen) atoms. The molecule has 1 fully saturated rings. The number of sulfonamides is 1. The molecular weight excluding hydrogens is 546 g/mol. The van der Waals surface area contributed by atoms with Gasteiger partial charge in [0.05, 0.1) is 10.6 Å². The molecule has 4 rings (SSSR count). The van der Waals surface area contributed by atoms with Crippen LogP contribution in [0, 0.1) is 27.7 Å². The lowest BCUT2D eigenvalue weighted by Gasteiger charge is -2.33. The molecule has 1 saturated carbocycles. The summed E-state index contributed by atoms with van der Waals surface area (Å²) in [4.78, 5) is 29.3. The third kappa shape index (κ3) is 7.59. The van der Waals surface area contributed by atoms with Gasteiger partial charge in [-0.3, -0.25) is 13.9 Å². The fourth-order valence-corrected chi connectivity index (χ4v) is 6.98. The van der Waals surface area contributed by atoms with Crippen molar-refractivity contribution in [3.8, 4) is 0 Å². The van der Waals surface area contributed by atoms with Crippen molar-refractivity contribution in [1.82, 2.24) is 10.2 Å². The third-order valence-electron chi connectivity index (χ3n) is 8.10. The van der Waals surface area contributed by atoms with Crippen molar-refractivity contribution >= 4 is 27.5 Å². The number of amides is 2. The fourth-order valence-electron chi connectivity index (χ4n) is 5.58. The largest absolute Gasteiger partial charge is 0.352 e. The van der Waals surface area contributed by atoms with Crippen LogP contribution in [0.5, 0.6) is 0 Å². The summed E-state index contributed by atoms with van der Waals surface area (Å²) in [6, 6.07) is 19.2. The first kappa shape index (κ1) is 31.3. The smallest absolute Gasteiger partial charge is 0.264 e. The zero-order chi connectivity index (χ0) is 30.4. The van der Waals surface area contributed by atoms with Crippen LogP contribution in [0.15, 0.2) is 71.6 Å². The highest BCUT2D eigenvalue weighted by Gasteiger charge is 2.33. The molecule has 224 valence electrons. The monoisotopic (exact) mass is 589 g/mol. The third-order valence-corrected chi connectivity index (χ3v) is 9.89. The molecule has 8 heteroatoms. The van der Waals surface area contributed by atoms with E-state index in [1.54, 1.807) is 43.3 Å². The second-order valence-electron chi connectivity index (χ2n) is 11.6. The molecular formula is C34H43N3O4S. The second-order valence-corrected chi connectivity index (χ2v) is 13.5. The van der Waals surface area contributed by atoms with Crippen LogP contribution in [0.2, 0.25) is 0 Å². The van der Waals surface area contributed by atoms with Crippen molar-refractivity contribution in [2.24, 2.45) is 0 Å². The Morgan fingerprint density at radius 2 is 1.48 bits per heavy atom. The van der Waals surface area contributed by atoms with E-state index in [1.807, 2.05) is 58.0 Å². The van der Waals surface area contributed by atoms with Gasteiger partial charge in [0.1, 0.15) is 12.6 Å². The highest BCUT2D eigenvalue weighted by Crippen LogP contribution is 2.27. The van der Waals surface area contributed by atoms with Crippen molar-refractivity contribution in [2.45, 2.75) is 90.2 Å². The minimum atomic E-state index is -4.10. The number of aryl methyl sites for hydroxylation is 4. The molecule has 0 radical (unpaired) electrons. The van der Waals surface area contributed by atoms with Crippen LogP contribution < -0.4 is 9.62 Å². The van der Waals surface area contributed by atoms with E-state index < -0.39 is 28.5 Å². The van der Waals surface area contributed by atoms with Gasteiger partial charge in [0.2, 0.25) is 11.8 Å². The van der Waals surface area contributed by atoms with Gasteiger partial charge < -0.3 is 10.2 Å². The summed E-state index contributed by atoms with van der Waals surface area (Å²) < 4.78 is 29.3. The SMILES string of the molecule is Cc1ccc(S(=O)(=O)N(CC(=O)N(Cc2ccccc2C)[C@H](C)C(=O)NC2CCCCC2)c2cc(C)cc(C)c2)cc1. The van der Waals surface area contributed by atoms with Gasteiger partial charge in [0, 0.05) is 12.6 Å². The zero-order valence-corrected chi connectivity index (χ0v) is 26.2. The summed E-state index contributed by atoms with van der Waals surface area (Å²) in [6.45, 7) is 9.14. The average Bonchev–Trinajstić information content (AvgIpc) is 2.95. The topological polar surface area (TPSA) is 86.8 Å². The van der Waals surface area contributed by atoms with E-state index in [4.69, 9.17) is 0 Å². The number of hydrogen-bond acceptors (Lipinski definition) is 4. The standard InChI is InChI=1S/C34H43N3O4S/c1-24-15-17-32(18-16-24)42(40,41)37(31-20-25(2)19-26(3)21-31)23-33(38)36(22-29-12-10-9-11-27(29)4)28(5)34(39)35-30-13-7-6-8-14-30/h9-12,15-21,28,30H,6-8,13-14,22-23H2,1-5H3,(H,35,39)/t28-/m1/s1. The Morgan fingerprint density at radius 3 is 2.10 bits per heavy atom. The lowest BCUT2D eigenvalue weighted by molar-refractivity contribution is -0.139. The maximum Gasteiger partial charge on any atom is 0.264 e. The normalized spacial score (nSPS) is 14.7. The van der Waals surface area contributed by atoms with Gasteiger partial charge >= 0.3 is 0 Å². The van der Waals surface area contributed by atoms with E-state index in [1.165, 1.54) is 15.6 Å². The van der Waals surface area contributed by atoms with Crippen LogP contribution in [0.4, 0.5) is 5.69 Å². The minimum Gasteiger partial charge on any atom is -0.352 e. The lowest BCUT2D eigenvalue weighted by atomic mass is 9.95. The summed E-state index contributed by atoms with van der Waals surface area (Å²) in [7, 11) is -4.10. The number of rotatable bonds is 10. The number of benzene rings is 3. The Labute approximate surface area is 251 Å². The average molecular weight is 590 g/mol. The number of carbonyl (C=O) groups is 2. The molecule has 3 aromatic rings. The molecule has 2 amide bonds. The highest BCUT2D eigenvalue weighted by atomic mass is 32.2. The second kappa shape index (κ2) is 13.6. The Kier molecular flexibility index (Phi) is 10.1. The first-order chi connectivity index (χ1) is 20.0. The van der Waals surface area contributed by atoms with E-state index in [0.717, 1.165) is 53.5 Å². The predicted octanol–water partition coefficient (Wildman–Crippen LogP) is 5.98. The molecule has 0 unspecified atom stereocenters. The first-order valence-corrected chi connectivity index (χ1v) is 16.2. The minimum absolute atomic E-state index is 0.0952. The summed E-state index contributed by atoms with van der Waals surface area (Å²) >= 11 is 0. The zero-order valence-electron chi connectivity index (χ0n) is 25.4. The summed E-state index contributed by atoms with van der Waals surface area (Å²) in [5.41, 5.74) is 5.02. The van der Waals surface area contributed by atoms with E-state index >= 15 is 0 Å². The fraction of sp³-hybridized carbons (Fsp3) is 0.412. The molecule has 0 spiro atoms. The molecule has 0 saturated heterocycles. The molecule has 0 aliphatic heterocycles. The predicted molar refractivity (Wildman–Crippen MR) is 168 cm³/mol. The van der Waals surface area contributed by atoms with Gasteiger partial charge in [0.25, 0.3) is 10.0 Å². The van der Waals surface area contributed by atoms with Crippen LogP contribution in [-0.4, -0.2) is 43.8 Å². The molecule has 1 aliphatic carbocycles. The number of nitrogens with zero attached hydrogens (tertiary/aromatic N) is 2. The molecule has 1 N–H and O–H groups in total. The maximum absolute atomic E-state index is 14.2. The Morgan fingerprint density at radius 1 is 0.857 bits per heavy atom. The van der Waals surface area contributed by atoms with Gasteiger partial charge in [-0.2, -0.15) is 0 Å². The number of hydrogen-bond donors (Lipinski definition) is 1. The highest BCUT2D eigenvalue weighted by molar-refractivity contribution is 7.92. The van der Waals surface area contributed by atoms with E-state index in [0.29, 0.717) is 5.69 Å². The number of anilines is 1. The van der Waals surface area contributed by atoms with Crippen LogP contribution in [0.1, 0.15) is 66.8 Å². The summed E-state index contributed by atoms with van der Waals surface area (Å²) in [5, 5.41) is 3.15. The van der Waals surface area contributed by atoms with Crippen molar-refractivity contribution in [2.75, 3.05) is 10.8 Å². The van der Waals surface area contributed by atoms with Crippen molar-refractivity contribution < 1.29 is 18.0 Å². The Hall–Kier alpha value is -3.65. The van der Waals surface area contributed by atoms with Gasteiger partial charge in [-0.05, 0) is 94.0 Å². The van der Waals surface area contributed by atoms with E-state index in [2.05, 4.69) is 5.32 Å². The molecule has 3 aromatic carbocycles. The molecule has 0 aromatic heterocycles.